The molecule has 2 aliphatic rings. The maximum Gasteiger partial charge on any atom is 0.272 e. The number of hydrogen-bond acceptors (Lipinski definition) is 5. The maximum absolute atomic E-state index is 13.7. The summed E-state index contributed by atoms with van der Waals surface area (Å²) in [6, 6.07) is 24.3. The van der Waals surface area contributed by atoms with Crippen molar-refractivity contribution in [1.82, 2.24) is 29.2 Å². The van der Waals surface area contributed by atoms with Crippen molar-refractivity contribution in [3.63, 3.8) is 0 Å². The molecule has 0 unspecified atom stereocenters. The number of aromatic nitrogens is 3. The summed E-state index contributed by atoms with van der Waals surface area (Å²) >= 11 is 0. The first-order valence-corrected chi connectivity index (χ1v) is 14.0. The van der Waals surface area contributed by atoms with E-state index in [0.717, 1.165) is 61.5 Å². The van der Waals surface area contributed by atoms with Crippen LogP contribution in [0.25, 0.3) is 22.5 Å². The van der Waals surface area contributed by atoms with E-state index in [1.807, 2.05) is 89.6 Å². The molecule has 6 rings (SSSR count). The van der Waals surface area contributed by atoms with Crippen molar-refractivity contribution in [2.45, 2.75) is 18.9 Å². The van der Waals surface area contributed by atoms with E-state index in [0.29, 0.717) is 30.4 Å². The van der Waals surface area contributed by atoms with Crippen molar-refractivity contribution in [2.24, 2.45) is 7.05 Å². The van der Waals surface area contributed by atoms with Gasteiger partial charge in [0, 0.05) is 69.0 Å². The Balaban J connectivity index is 1.11. The summed E-state index contributed by atoms with van der Waals surface area (Å²) in [6.45, 7) is 4.56. The third kappa shape index (κ3) is 5.40. The predicted molar refractivity (Wildman–Crippen MR) is 155 cm³/mol. The van der Waals surface area contributed by atoms with Crippen LogP contribution in [0.2, 0.25) is 0 Å². The molecule has 2 fully saturated rings. The van der Waals surface area contributed by atoms with Gasteiger partial charge in [0.2, 0.25) is 0 Å². The Bertz CT molecular complexity index is 1410. The molecule has 4 heterocycles. The van der Waals surface area contributed by atoms with Crippen LogP contribution in [0.4, 0.5) is 0 Å². The average molecular weight is 535 g/mol. The first-order chi connectivity index (χ1) is 19.6. The Hall–Kier alpha value is -4.30. The number of carbonyl (C=O) groups excluding carboxylic acids is 2. The number of piperidine rings is 1. The van der Waals surface area contributed by atoms with Gasteiger partial charge in [-0.25, -0.2) is 9.97 Å². The summed E-state index contributed by atoms with van der Waals surface area (Å²) in [7, 11) is 1.85. The Morgan fingerprint density at radius 2 is 1.27 bits per heavy atom. The van der Waals surface area contributed by atoms with Gasteiger partial charge in [-0.3, -0.25) is 14.5 Å². The quantitative estimate of drug-likeness (QED) is 0.384. The van der Waals surface area contributed by atoms with Crippen LogP contribution in [0.15, 0.2) is 85.3 Å². The zero-order chi connectivity index (χ0) is 27.5. The van der Waals surface area contributed by atoms with Crippen LogP contribution in [-0.2, 0) is 7.05 Å². The molecule has 0 radical (unpaired) electrons. The van der Waals surface area contributed by atoms with E-state index in [-0.39, 0.29) is 11.8 Å². The highest BCUT2D eigenvalue weighted by Crippen LogP contribution is 2.26. The van der Waals surface area contributed by atoms with Crippen LogP contribution in [0.3, 0.4) is 0 Å². The lowest BCUT2D eigenvalue weighted by Crippen LogP contribution is -2.54. The second-order valence-electron chi connectivity index (χ2n) is 10.6. The molecule has 40 heavy (non-hydrogen) atoms. The highest BCUT2D eigenvalue weighted by atomic mass is 16.2. The van der Waals surface area contributed by atoms with Crippen LogP contribution >= 0.6 is 0 Å². The van der Waals surface area contributed by atoms with Crippen LogP contribution < -0.4 is 0 Å². The van der Waals surface area contributed by atoms with Gasteiger partial charge in [-0.05, 0) is 25.0 Å². The summed E-state index contributed by atoms with van der Waals surface area (Å²) in [4.78, 5) is 42.0. The van der Waals surface area contributed by atoms with Gasteiger partial charge in [-0.15, -0.1) is 0 Å². The van der Waals surface area contributed by atoms with Crippen molar-refractivity contribution in [3.8, 4) is 22.5 Å². The van der Waals surface area contributed by atoms with Crippen molar-refractivity contribution in [1.29, 1.82) is 0 Å². The summed E-state index contributed by atoms with van der Waals surface area (Å²) in [5.74, 6) is 0.101. The minimum absolute atomic E-state index is 0.0491. The fourth-order valence-electron chi connectivity index (χ4n) is 5.80. The molecule has 0 aliphatic carbocycles. The lowest BCUT2D eigenvalue weighted by atomic mass is 10.0. The van der Waals surface area contributed by atoms with E-state index in [1.54, 1.807) is 17.1 Å². The van der Waals surface area contributed by atoms with Crippen molar-refractivity contribution in [3.05, 3.63) is 96.6 Å². The molecule has 8 heteroatoms. The maximum atomic E-state index is 13.7. The number of nitrogens with zero attached hydrogens (tertiary/aromatic N) is 6. The monoisotopic (exact) mass is 534 g/mol. The molecular formula is C32H34N6O2. The summed E-state index contributed by atoms with van der Waals surface area (Å²) in [5.41, 5.74) is 4.89. The largest absolute Gasteiger partial charge is 0.337 e. The highest BCUT2D eigenvalue weighted by molar-refractivity contribution is 5.96. The number of carbonyl (C=O) groups is 2. The third-order valence-corrected chi connectivity index (χ3v) is 8.12. The van der Waals surface area contributed by atoms with E-state index in [2.05, 4.69) is 9.88 Å². The summed E-state index contributed by atoms with van der Waals surface area (Å²) in [6.07, 6.45) is 5.20. The van der Waals surface area contributed by atoms with Gasteiger partial charge in [0.15, 0.2) is 0 Å². The number of pyridine rings is 1. The molecule has 204 valence electrons. The number of benzene rings is 2. The van der Waals surface area contributed by atoms with Gasteiger partial charge in [-0.2, -0.15) is 0 Å². The number of aryl methyl sites for hydroxylation is 1. The number of likely N-dealkylation sites (tertiary alicyclic amines) is 1. The number of piperazine rings is 1. The molecule has 8 nitrogen and oxygen atoms in total. The van der Waals surface area contributed by atoms with E-state index in [4.69, 9.17) is 4.98 Å². The topological polar surface area (TPSA) is 74.6 Å². The Morgan fingerprint density at radius 1 is 0.725 bits per heavy atom. The van der Waals surface area contributed by atoms with E-state index in [9.17, 15) is 9.59 Å². The molecule has 4 aromatic rings. The fourth-order valence-corrected chi connectivity index (χ4v) is 5.80. The second kappa shape index (κ2) is 11.4. The fraction of sp³-hybridized carbons (Fsp3) is 0.312. The summed E-state index contributed by atoms with van der Waals surface area (Å²) < 4.78 is 1.78. The molecule has 0 spiro atoms. The van der Waals surface area contributed by atoms with Gasteiger partial charge < -0.3 is 14.4 Å². The second-order valence-corrected chi connectivity index (χ2v) is 10.6. The van der Waals surface area contributed by atoms with E-state index in [1.165, 1.54) is 0 Å². The number of amides is 2. The van der Waals surface area contributed by atoms with Gasteiger partial charge in [0.05, 0.1) is 23.9 Å². The van der Waals surface area contributed by atoms with Crippen LogP contribution in [0, 0.1) is 0 Å². The van der Waals surface area contributed by atoms with Crippen LogP contribution in [0.5, 0.6) is 0 Å². The first-order valence-electron chi connectivity index (χ1n) is 14.0. The van der Waals surface area contributed by atoms with Gasteiger partial charge in [0.25, 0.3) is 11.8 Å². The minimum Gasteiger partial charge on any atom is -0.337 e. The molecular weight excluding hydrogens is 500 g/mol. The SMILES string of the molecule is Cn1cncc1C(=O)N1CCC(N2CCN(C(=O)c3cc(-c4ccccc4)nc(-c4ccccc4)c3)CC2)CC1. The third-order valence-electron chi connectivity index (χ3n) is 8.12. The first kappa shape index (κ1) is 26.0. The lowest BCUT2D eigenvalue weighted by molar-refractivity contribution is 0.0409. The van der Waals surface area contributed by atoms with Crippen molar-refractivity contribution in [2.75, 3.05) is 39.3 Å². The average Bonchev–Trinajstić information content (AvgIpc) is 3.46. The van der Waals surface area contributed by atoms with Crippen molar-refractivity contribution < 1.29 is 9.59 Å². The molecule has 2 aromatic heterocycles. The molecule has 2 aliphatic heterocycles. The molecule has 0 N–H and O–H groups in total. The van der Waals surface area contributed by atoms with Gasteiger partial charge >= 0.3 is 0 Å². The number of hydrogen-bond donors (Lipinski definition) is 0. The molecule has 2 saturated heterocycles. The zero-order valence-corrected chi connectivity index (χ0v) is 22.8. The number of imidazole rings is 1. The molecule has 0 bridgehead atoms. The van der Waals surface area contributed by atoms with E-state index >= 15 is 0 Å². The predicted octanol–water partition coefficient (Wildman–Crippen LogP) is 4.21. The van der Waals surface area contributed by atoms with Gasteiger partial charge in [-0.1, -0.05) is 60.7 Å². The normalized spacial score (nSPS) is 16.7. The standard InChI is InChI=1S/C32H34N6O2/c1-35-23-33-22-30(35)32(40)37-14-12-27(13-15-37)36-16-18-38(19-17-36)31(39)26-20-28(24-8-4-2-5-9-24)34-29(21-26)25-10-6-3-7-11-25/h2-11,20-23,27H,12-19H2,1H3. The van der Waals surface area contributed by atoms with Crippen LogP contribution in [-0.4, -0.2) is 86.4 Å². The van der Waals surface area contributed by atoms with E-state index < -0.39 is 0 Å². The smallest absolute Gasteiger partial charge is 0.272 e. The molecule has 0 saturated carbocycles. The molecule has 0 atom stereocenters. The number of rotatable bonds is 5. The van der Waals surface area contributed by atoms with Gasteiger partial charge in [0.1, 0.15) is 5.69 Å². The minimum atomic E-state index is 0.0491. The van der Waals surface area contributed by atoms with Crippen LogP contribution in [0.1, 0.15) is 33.7 Å². The van der Waals surface area contributed by atoms with Crippen molar-refractivity contribution >= 4 is 11.8 Å². The molecule has 2 aromatic carbocycles. The molecule has 2 amide bonds. The highest BCUT2D eigenvalue weighted by Gasteiger charge is 2.31. The zero-order valence-electron chi connectivity index (χ0n) is 22.8. The lowest BCUT2D eigenvalue weighted by Gasteiger charge is -2.42. The Kier molecular flexibility index (Phi) is 7.42. The Morgan fingerprint density at radius 3 is 1.80 bits per heavy atom. The summed E-state index contributed by atoms with van der Waals surface area (Å²) in [5, 5.41) is 0. The Labute approximate surface area is 234 Å².